The minimum absolute atomic E-state index is 0.106. The summed E-state index contributed by atoms with van der Waals surface area (Å²) >= 11 is 0. The van der Waals surface area contributed by atoms with Crippen LogP contribution in [-0.2, 0) is 32.2 Å². The van der Waals surface area contributed by atoms with E-state index in [1.807, 2.05) is 72.5 Å². The Kier molecular flexibility index (Phi) is 8.45. The number of benzene rings is 2. The van der Waals surface area contributed by atoms with Gasteiger partial charge in [0, 0.05) is 25.6 Å². The van der Waals surface area contributed by atoms with Crippen molar-refractivity contribution in [3.05, 3.63) is 71.8 Å². The van der Waals surface area contributed by atoms with Crippen molar-refractivity contribution < 1.29 is 19.1 Å². The van der Waals surface area contributed by atoms with E-state index >= 15 is 0 Å². The van der Waals surface area contributed by atoms with Gasteiger partial charge in [0.25, 0.3) is 0 Å². The van der Waals surface area contributed by atoms with Gasteiger partial charge in [-0.15, -0.1) is 0 Å². The van der Waals surface area contributed by atoms with Crippen molar-refractivity contribution in [1.29, 1.82) is 0 Å². The lowest BCUT2D eigenvalue weighted by Crippen LogP contribution is -2.50. The normalized spacial score (nSPS) is 19.0. The van der Waals surface area contributed by atoms with Crippen LogP contribution in [0.1, 0.15) is 43.7 Å². The number of amides is 1. The van der Waals surface area contributed by atoms with E-state index in [1.54, 1.807) is 0 Å². The van der Waals surface area contributed by atoms with E-state index in [0.29, 0.717) is 39.2 Å². The van der Waals surface area contributed by atoms with Crippen LogP contribution >= 0.6 is 0 Å². The molecule has 1 aliphatic rings. The number of nitrogens with zero attached hydrogens (tertiary/aromatic N) is 1. The Morgan fingerprint density at radius 1 is 1.03 bits per heavy atom. The highest BCUT2D eigenvalue weighted by Gasteiger charge is 2.40. The Balaban J connectivity index is 1.62. The highest BCUT2D eigenvalue weighted by atomic mass is 16.5. The molecule has 2 atom stereocenters. The number of esters is 1. The number of likely N-dealkylation sites (tertiary alicyclic amines) is 1. The number of carbonyl (C=O) groups is 2. The minimum Gasteiger partial charge on any atom is -0.466 e. The van der Waals surface area contributed by atoms with E-state index in [-0.39, 0.29) is 23.8 Å². The van der Waals surface area contributed by atoms with E-state index in [0.717, 1.165) is 24.0 Å². The maximum atomic E-state index is 12.8. The number of hydrogen-bond donors (Lipinski definition) is 0. The average Bonchev–Trinajstić information content (AvgIpc) is 2.77. The van der Waals surface area contributed by atoms with Gasteiger partial charge in [0.1, 0.15) is 0 Å². The zero-order valence-electron chi connectivity index (χ0n) is 17.7. The van der Waals surface area contributed by atoms with Gasteiger partial charge in [0.05, 0.1) is 19.1 Å². The summed E-state index contributed by atoms with van der Waals surface area (Å²) in [5.74, 6) is -0.367. The van der Waals surface area contributed by atoms with E-state index in [4.69, 9.17) is 9.47 Å². The predicted octanol–water partition coefficient (Wildman–Crippen LogP) is 4.35. The third-order valence-corrected chi connectivity index (χ3v) is 5.54. The second-order valence-electron chi connectivity index (χ2n) is 7.65. The molecule has 1 aliphatic heterocycles. The van der Waals surface area contributed by atoms with Crippen LogP contribution in [0.15, 0.2) is 60.7 Å². The maximum Gasteiger partial charge on any atom is 0.311 e. The molecule has 0 saturated carbocycles. The number of carbonyl (C=O) groups excluding carboxylic acids is 2. The van der Waals surface area contributed by atoms with Crippen molar-refractivity contribution in [3.63, 3.8) is 0 Å². The van der Waals surface area contributed by atoms with Crippen LogP contribution in [0.5, 0.6) is 0 Å². The fourth-order valence-corrected chi connectivity index (χ4v) is 4.04. The SMILES string of the molecule is CCOC(=O)[C@@H]1CCC(=O)N(Cc2ccccc2)[C@@H]1CCCOCc1ccccc1. The fraction of sp³-hybridized carbons (Fsp3) is 0.440. The lowest BCUT2D eigenvalue weighted by atomic mass is 9.85. The van der Waals surface area contributed by atoms with E-state index in [2.05, 4.69) is 0 Å². The van der Waals surface area contributed by atoms with Crippen molar-refractivity contribution in [3.8, 4) is 0 Å². The molecule has 1 amide bonds. The lowest BCUT2D eigenvalue weighted by molar-refractivity contribution is -0.157. The second-order valence-corrected chi connectivity index (χ2v) is 7.65. The van der Waals surface area contributed by atoms with E-state index in [9.17, 15) is 9.59 Å². The molecular formula is C25H31NO4. The molecule has 160 valence electrons. The van der Waals surface area contributed by atoms with Gasteiger partial charge >= 0.3 is 5.97 Å². The molecule has 30 heavy (non-hydrogen) atoms. The summed E-state index contributed by atoms with van der Waals surface area (Å²) in [6.45, 7) is 3.85. The predicted molar refractivity (Wildman–Crippen MR) is 115 cm³/mol. The van der Waals surface area contributed by atoms with Gasteiger partial charge in [-0.25, -0.2) is 0 Å². The summed E-state index contributed by atoms with van der Waals surface area (Å²) in [5, 5.41) is 0. The summed E-state index contributed by atoms with van der Waals surface area (Å²) in [6.07, 6.45) is 2.44. The number of rotatable bonds is 10. The van der Waals surface area contributed by atoms with E-state index < -0.39 is 0 Å². The van der Waals surface area contributed by atoms with E-state index in [1.165, 1.54) is 0 Å². The largest absolute Gasteiger partial charge is 0.466 e. The third-order valence-electron chi connectivity index (χ3n) is 5.54. The van der Waals surface area contributed by atoms with Gasteiger partial charge in [-0.2, -0.15) is 0 Å². The van der Waals surface area contributed by atoms with Crippen molar-refractivity contribution in [1.82, 2.24) is 4.90 Å². The molecule has 2 aromatic rings. The molecule has 0 aromatic heterocycles. The van der Waals surface area contributed by atoms with Crippen LogP contribution in [0, 0.1) is 5.92 Å². The highest BCUT2D eigenvalue weighted by Crippen LogP contribution is 2.30. The third kappa shape index (κ3) is 6.17. The molecule has 2 aromatic carbocycles. The molecule has 3 rings (SSSR count). The van der Waals surface area contributed by atoms with Crippen LogP contribution in [0.25, 0.3) is 0 Å². The minimum atomic E-state index is -0.277. The Bertz CT molecular complexity index is 793. The van der Waals surface area contributed by atoms with Crippen LogP contribution < -0.4 is 0 Å². The molecule has 0 bridgehead atoms. The molecule has 0 N–H and O–H groups in total. The zero-order chi connectivity index (χ0) is 21.2. The average molecular weight is 410 g/mol. The van der Waals surface area contributed by atoms with Crippen molar-refractivity contribution in [2.75, 3.05) is 13.2 Å². The fourth-order valence-electron chi connectivity index (χ4n) is 4.04. The summed E-state index contributed by atoms with van der Waals surface area (Å²) in [6, 6.07) is 19.8. The molecule has 1 fully saturated rings. The van der Waals surface area contributed by atoms with Crippen LogP contribution in [0.4, 0.5) is 0 Å². The molecule has 5 heteroatoms. The molecular weight excluding hydrogens is 378 g/mol. The molecule has 5 nitrogen and oxygen atoms in total. The summed E-state index contributed by atoms with van der Waals surface area (Å²) < 4.78 is 11.1. The van der Waals surface area contributed by atoms with Gasteiger partial charge in [-0.05, 0) is 37.3 Å². The van der Waals surface area contributed by atoms with Crippen molar-refractivity contribution in [2.24, 2.45) is 5.92 Å². The number of hydrogen-bond acceptors (Lipinski definition) is 4. The molecule has 1 saturated heterocycles. The maximum absolute atomic E-state index is 12.8. The first-order valence-electron chi connectivity index (χ1n) is 10.8. The van der Waals surface area contributed by atoms with Gasteiger partial charge in [-0.3, -0.25) is 9.59 Å². The van der Waals surface area contributed by atoms with Crippen molar-refractivity contribution >= 4 is 11.9 Å². The highest BCUT2D eigenvalue weighted by molar-refractivity contribution is 5.82. The van der Waals surface area contributed by atoms with Gasteiger partial charge in [-0.1, -0.05) is 60.7 Å². The standard InChI is InChI=1S/C25H31NO4/c1-2-30-25(28)22-15-16-24(27)26(18-20-10-5-3-6-11-20)23(22)14-9-17-29-19-21-12-7-4-8-13-21/h3-8,10-13,22-23H,2,9,14-19H2,1H3/t22-,23-/m1/s1. The van der Waals surface area contributed by atoms with Gasteiger partial charge in [0.2, 0.25) is 5.91 Å². The first-order chi connectivity index (χ1) is 14.7. The van der Waals surface area contributed by atoms with Gasteiger partial charge < -0.3 is 14.4 Å². The quantitative estimate of drug-likeness (QED) is 0.432. The second kappa shape index (κ2) is 11.5. The first kappa shape index (κ1) is 22.0. The molecule has 0 aliphatic carbocycles. The zero-order valence-corrected chi connectivity index (χ0v) is 17.7. The summed E-state index contributed by atoms with van der Waals surface area (Å²) in [5.41, 5.74) is 2.21. The monoisotopic (exact) mass is 409 g/mol. The lowest BCUT2D eigenvalue weighted by Gasteiger charge is -2.40. The smallest absolute Gasteiger partial charge is 0.311 e. The van der Waals surface area contributed by atoms with Crippen LogP contribution in [-0.4, -0.2) is 36.0 Å². The Morgan fingerprint density at radius 3 is 2.37 bits per heavy atom. The van der Waals surface area contributed by atoms with Crippen LogP contribution in [0.2, 0.25) is 0 Å². The van der Waals surface area contributed by atoms with Crippen molar-refractivity contribution in [2.45, 2.75) is 51.8 Å². The molecule has 1 heterocycles. The Hall–Kier alpha value is -2.66. The summed E-state index contributed by atoms with van der Waals surface area (Å²) in [7, 11) is 0. The summed E-state index contributed by atoms with van der Waals surface area (Å²) in [4.78, 5) is 27.2. The number of ether oxygens (including phenoxy) is 2. The Morgan fingerprint density at radius 2 is 1.70 bits per heavy atom. The van der Waals surface area contributed by atoms with Crippen LogP contribution in [0.3, 0.4) is 0 Å². The number of piperidine rings is 1. The topological polar surface area (TPSA) is 55.8 Å². The molecule has 0 radical (unpaired) electrons. The first-order valence-corrected chi connectivity index (χ1v) is 10.8. The molecule has 0 unspecified atom stereocenters. The van der Waals surface area contributed by atoms with Gasteiger partial charge in [0.15, 0.2) is 0 Å². The Labute approximate surface area is 179 Å². The molecule has 0 spiro atoms.